The highest BCUT2D eigenvalue weighted by Crippen LogP contribution is 2.13. The van der Waals surface area contributed by atoms with Crippen molar-refractivity contribution in [2.75, 3.05) is 7.11 Å². The molecule has 1 atom stereocenters. The minimum absolute atomic E-state index is 0.214. The molecule has 0 amide bonds. The molecule has 9 heteroatoms. The van der Waals surface area contributed by atoms with Crippen LogP contribution < -0.4 is 5.73 Å². The Bertz CT molecular complexity index is 648. The first-order valence-corrected chi connectivity index (χ1v) is 6.08. The Hall–Kier alpha value is -2.68. The summed E-state index contributed by atoms with van der Waals surface area (Å²) in [6.45, 7) is 0.251. The van der Waals surface area contributed by atoms with Gasteiger partial charge in [0, 0.05) is 6.42 Å². The van der Waals surface area contributed by atoms with Crippen molar-refractivity contribution < 1.29 is 18.9 Å². The Morgan fingerprint density at radius 1 is 1.52 bits per heavy atom. The van der Waals surface area contributed by atoms with Crippen molar-refractivity contribution in [2.24, 2.45) is 5.73 Å². The molecule has 112 valence electrons. The number of esters is 1. The molecule has 0 saturated carbocycles. The largest absolute Gasteiger partial charge is 0.468 e. The van der Waals surface area contributed by atoms with Gasteiger partial charge in [0.2, 0.25) is 0 Å². The van der Waals surface area contributed by atoms with Gasteiger partial charge in [-0.25, -0.2) is 0 Å². The normalized spacial score (nSPS) is 12.1. The van der Waals surface area contributed by atoms with Gasteiger partial charge in [0.1, 0.15) is 24.1 Å². The third-order valence-corrected chi connectivity index (χ3v) is 2.77. The lowest BCUT2D eigenvalue weighted by atomic mass is 10.2. The van der Waals surface area contributed by atoms with Crippen LogP contribution in [0, 0.1) is 10.1 Å². The van der Waals surface area contributed by atoms with Crippen LogP contribution >= 0.6 is 0 Å². The maximum absolute atomic E-state index is 11.2. The number of ether oxygens (including phenoxy) is 1. The number of nitro groups is 1. The number of rotatable bonds is 6. The van der Waals surface area contributed by atoms with Crippen molar-refractivity contribution in [1.82, 2.24) is 9.78 Å². The fourth-order valence-electron chi connectivity index (χ4n) is 1.76. The second-order valence-electron chi connectivity index (χ2n) is 4.33. The topological polar surface area (TPSA) is 126 Å². The Labute approximate surface area is 119 Å². The van der Waals surface area contributed by atoms with E-state index < -0.39 is 16.9 Å². The van der Waals surface area contributed by atoms with Crippen LogP contribution in [0.4, 0.5) is 5.82 Å². The van der Waals surface area contributed by atoms with Crippen LogP contribution in [0.1, 0.15) is 11.5 Å². The van der Waals surface area contributed by atoms with E-state index in [2.05, 4.69) is 9.84 Å². The molecule has 21 heavy (non-hydrogen) atoms. The van der Waals surface area contributed by atoms with Gasteiger partial charge in [-0.3, -0.25) is 4.79 Å². The number of aromatic nitrogens is 2. The first-order chi connectivity index (χ1) is 9.99. The van der Waals surface area contributed by atoms with Gasteiger partial charge in [-0.1, -0.05) is 0 Å². The van der Waals surface area contributed by atoms with Crippen LogP contribution in [0.5, 0.6) is 0 Å². The molecular weight excluding hydrogens is 280 g/mol. The Morgan fingerprint density at radius 2 is 2.24 bits per heavy atom. The van der Waals surface area contributed by atoms with Crippen molar-refractivity contribution in [2.45, 2.75) is 19.0 Å². The van der Waals surface area contributed by atoms with Crippen LogP contribution in [0.25, 0.3) is 0 Å². The van der Waals surface area contributed by atoms with Gasteiger partial charge in [-0.05, 0) is 17.1 Å². The van der Waals surface area contributed by atoms with Gasteiger partial charge in [-0.15, -0.1) is 0 Å². The highest BCUT2D eigenvalue weighted by molar-refractivity contribution is 5.75. The fourth-order valence-corrected chi connectivity index (χ4v) is 1.76. The highest BCUT2D eigenvalue weighted by atomic mass is 16.6. The predicted molar refractivity (Wildman–Crippen MR) is 70.4 cm³/mol. The third-order valence-electron chi connectivity index (χ3n) is 2.77. The van der Waals surface area contributed by atoms with Gasteiger partial charge in [0.15, 0.2) is 0 Å². The second kappa shape index (κ2) is 6.18. The Balaban J connectivity index is 1.99. The van der Waals surface area contributed by atoms with Crippen LogP contribution in [0.15, 0.2) is 28.8 Å². The molecule has 0 aliphatic carbocycles. The molecule has 2 N–H and O–H groups in total. The summed E-state index contributed by atoms with van der Waals surface area (Å²) in [5, 5.41) is 14.3. The summed E-state index contributed by atoms with van der Waals surface area (Å²) in [6.07, 6.45) is 1.70. The molecule has 9 nitrogen and oxygen atoms in total. The van der Waals surface area contributed by atoms with E-state index in [1.807, 2.05) is 0 Å². The number of nitrogens with two attached hydrogens (primary N) is 1. The van der Waals surface area contributed by atoms with Gasteiger partial charge in [0.05, 0.1) is 24.5 Å². The summed E-state index contributed by atoms with van der Waals surface area (Å²) in [7, 11) is 1.26. The molecule has 0 saturated heterocycles. The first-order valence-electron chi connectivity index (χ1n) is 6.08. The molecule has 0 aliphatic heterocycles. The molecule has 0 radical (unpaired) electrons. The molecule has 0 aromatic carbocycles. The second-order valence-corrected chi connectivity index (χ2v) is 4.33. The van der Waals surface area contributed by atoms with E-state index in [0.717, 1.165) is 0 Å². The van der Waals surface area contributed by atoms with Gasteiger partial charge >= 0.3 is 11.8 Å². The molecule has 0 fully saturated rings. The van der Waals surface area contributed by atoms with Gasteiger partial charge in [0.25, 0.3) is 0 Å². The van der Waals surface area contributed by atoms with Crippen molar-refractivity contribution in [3.63, 3.8) is 0 Å². The number of hydrogen-bond acceptors (Lipinski definition) is 7. The zero-order valence-electron chi connectivity index (χ0n) is 11.3. The lowest BCUT2D eigenvalue weighted by molar-refractivity contribution is -0.389. The van der Waals surface area contributed by atoms with Crippen LogP contribution in [-0.2, 0) is 22.5 Å². The zero-order valence-corrected chi connectivity index (χ0v) is 11.3. The molecular formula is C12H14N4O5. The third kappa shape index (κ3) is 3.66. The summed E-state index contributed by atoms with van der Waals surface area (Å²) in [6, 6.07) is 3.90. The summed E-state index contributed by atoms with van der Waals surface area (Å²) in [5.74, 6) is 0.342. The molecule has 0 bridgehead atoms. The number of methoxy groups -OCH3 is 1. The molecule has 2 heterocycles. The zero-order chi connectivity index (χ0) is 15.4. The lowest BCUT2D eigenvalue weighted by Crippen LogP contribution is -2.33. The van der Waals surface area contributed by atoms with Crippen LogP contribution in [0.3, 0.4) is 0 Å². The van der Waals surface area contributed by atoms with Crippen molar-refractivity contribution in [3.05, 3.63) is 46.0 Å². The average molecular weight is 294 g/mol. The van der Waals surface area contributed by atoms with Crippen molar-refractivity contribution in [1.29, 1.82) is 0 Å². The molecule has 0 aliphatic rings. The van der Waals surface area contributed by atoms with Crippen molar-refractivity contribution >= 4 is 11.8 Å². The van der Waals surface area contributed by atoms with Crippen LogP contribution in [-0.4, -0.2) is 33.8 Å². The summed E-state index contributed by atoms with van der Waals surface area (Å²) >= 11 is 0. The minimum atomic E-state index is -0.792. The quantitative estimate of drug-likeness (QED) is 0.466. The highest BCUT2D eigenvalue weighted by Gasteiger charge is 2.17. The minimum Gasteiger partial charge on any atom is -0.468 e. The summed E-state index contributed by atoms with van der Waals surface area (Å²) in [4.78, 5) is 21.2. The van der Waals surface area contributed by atoms with Crippen molar-refractivity contribution in [3.8, 4) is 0 Å². The number of hydrogen-bond donors (Lipinski definition) is 1. The molecule has 2 aromatic rings. The Morgan fingerprint density at radius 3 is 2.86 bits per heavy atom. The van der Waals surface area contributed by atoms with Crippen LogP contribution in [0.2, 0.25) is 0 Å². The SMILES string of the molecule is COC(=O)C(N)Cc1ccc(Cn2ccc([N+](=O)[O-])n2)o1. The van der Waals surface area contributed by atoms with E-state index in [1.165, 1.54) is 24.1 Å². The van der Waals surface area contributed by atoms with E-state index in [-0.39, 0.29) is 18.8 Å². The molecule has 1 unspecified atom stereocenters. The van der Waals surface area contributed by atoms with E-state index in [4.69, 9.17) is 10.2 Å². The lowest BCUT2D eigenvalue weighted by Gasteiger charge is -2.06. The standard InChI is InChI=1S/C12H14N4O5/c1-20-12(17)10(13)6-8-2-3-9(21-8)7-15-5-4-11(14-15)16(18)19/h2-5,10H,6-7,13H2,1H3. The molecule has 0 spiro atoms. The number of carbonyl (C=O) groups excluding carboxylic acids is 1. The fraction of sp³-hybridized carbons (Fsp3) is 0.333. The maximum Gasteiger partial charge on any atom is 0.389 e. The van der Waals surface area contributed by atoms with E-state index in [9.17, 15) is 14.9 Å². The average Bonchev–Trinajstić information content (AvgIpc) is 3.08. The number of nitrogens with zero attached hydrogens (tertiary/aromatic N) is 3. The first kappa shape index (κ1) is 14.7. The number of carbonyl (C=O) groups is 1. The summed E-state index contributed by atoms with van der Waals surface area (Å²) in [5.41, 5.74) is 5.63. The monoisotopic (exact) mass is 294 g/mol. The Kier molecular flexibility index (Phi) is 4.33. The predicted octanol–water partition coefficient (Wildman–Crippen LogP) is 0.475. The van der Waals surface area contributed by atoms with Gasteiger partial charge in [-0.2, -0.15) is 4.68 Å². The van der Waals surface area contributed by atoms with Gasteiger partial charge < -0.3 is 25.0 Å². The smallest absolute Gasteiger partial charge is 0.389 e. The maximum atomic E-state index is 11.2. The summed E-state index contributed by atoms with van der Waals surface area (Å²) < 4.78 is 11.4. The van der Waals surface area contributed by atoms with E-state index in [1.54, 1.807) is 12.1 Å². The van der Waals surface area contributed by atoms with E-state index in [0.29, 0.717) is 11.5 Å². The van der Waals surface area contributed by atoms with E-state index >= 15 is 0 Å². The molecule has 2 rings (SSSR count). The number of furan rings is 1. The molecule has 2 aromatic heterocycles.